The molecule has 0 unspecified atom stereocenters. The Morgan fingerprint density at radius 2 is 1.63 bits per heavy atom. The first-order valence-electron chi connectivity index (χ1n) is 9.54. The molecule has 0 aromatic heterocycles. The van der Waals surface area contributed by atoms with Gasteiger partial charge in [0.15, 0.2) is 9.84 Å². The fourth-order valence-electron chi connectivity index (χ4n) is 4.21. The Bertz CT molecular complexity index is 809. The topological polar surface area (TPSA) is 74.8 Å². The van der Waals surface area contributed by atoms with Crippen LogP contribution in [0.15, 0.2) is 29.2 Å². The number of rotatable bonds is 3. The first-order chi connectivity index (χ1) is 12.7. The van der Waals surface area contributed by atoms with Crippen LogP contribution in [-0.2, 0) is 19.4 Å². The SMILES string of the molecule is CC(=O)N1CCC2(CCCN(C(=O)CS(=O)(=O)c3ccc(C)cc3)C2)CC1. The summed E-state index contributed by atoms with van der Waals surface area (Å²) in [6.45, 7) is 6.14. The number of aryl methyl sites for hydroxylation is 1. The summed E-state index contributed by atoms with van der Waals surface area (Å²) >= 11 is 0. The third-order valence-corrected chi connectivity index (χ3v) is 7.59. The zero-order chi connectivity index (χ0) is 19.7. The van der Waals surface area contributed by atoms with Crippen LogP contribution in [0.5, 0.6) is 0 Å². The molecule has 0 aliphatic carbocycles. The summed E-state index contributed by atoms with van der Waals surface area (Å²) in [4.78, 5) is 28.1. The molecule has 1 spiro atoms. The fourth-order valence-corrected chi connectivity index (χ4v) is 5.43. The van der Waals surface area contributed by atoms with Crippen LogP contribution in [0.4, 0.5) is 0 Å². The van der Waals surface area contributed by atoms with E-state index in [0.717, 1.165) is 44.3 Å². The van der Waals surface area contributed by atoms with Crippen molar-refractivity contribution >= 4 is 21.7 Å². The lowest BCUT2D eigenvalue weighted by Crippen LogP contribution is -2.52. The molecule has 0 bridgehead atoms. The van der Waals surface area contributed by atoms with E-state index in [1.807, 2.05) is 11.8 Å². The lowest BCUT2D eigenvalue weighted by molar-refractivity contribution is -0.137. The molecular formula is C20H28N2O4S. The van der Waals surface area contributed by atoms with Crippen LogP contribution in [0, 0.1) is 12.3 Å². The van der Waals surface area contributed by atoms with E-state index in [1.165, 1.54) is 0 Å². The van der Waals surface area contributed by atoms with Crippen molar-refractivity contribution in [2.75, 3.05) is 31.9 Å². The summed E-state index contributed by atoms with van der Waals surface area (Å²) in [6.07, 6.45) is 3.67. The third kappa shape index (κ3) is 4.51. The average Bonchev–Trinajstić information content (AvgIpc) is 2.62. The van der Waals surface area contributed by atoms with Gasteiger partial charge < -0.3 is 9.80 Å². The van der Waals surface area contributed by atoms with E-state index in [2.05, 4.69) is 0 Å². The van der Waals surface area contributed by atoms with E-state index in [9.17, 15) is 18.0 Å². The van der Waals surface area contributed by atoms with Crippen LogP contribution in [-0.4, -0.2) is 62.0 Å². The van der Waals surface area contributed by atoms with Crippen molar-refractivity contribution in [3.63, 3.8) is 0 Å². The van der Waals surface area contributed by atoms with Gasteiger partial charge in [-0.3, -0.25) is 9.59 Å². The Kier molecular flexibility index (Phi) is 5.60. The molecule has 1 aromatic carbocycles. The molecule has 2 fully saturated rings. The number of hydrogen-bond donors (Lipinski definition) is 0. The van der Waals surface area contributed by atoms with Crippen molar-refractivity contribution in [3.05, 3.63) is 29.8 Å². The number of hydrogen-bond acceptors (Lipinski definition) is 4. The quantitative estimate of drug-likeness (QED) is 0.789. The smallest absolute Gasteiger partial charge is 0.238 e. The second-order valence-corrected chi connectivity index (χ2v) is 9.99. The Balaban J connectivity index is 1.65. The van der Waals surface area contributed by atoms with Gasteiger partial charge in [0, 0.05) is 33.1 Å². The first kappa shape index (κ1) is 19.9. The van der Waals surface area contributed by atoms with Gasteiger partial charge in [-0.1, -0.05) is 17.7 Å². The second kappa shape index (κ2) is 7.62. The maximum Gasteiger partial charge on any atom is 0.238 e. The number of likely N-dealkylation sites (tertiary alicyclic amines) is 2. The maximum absolute atomic E-state index is 12.7. The number of carbonyl (C=O) groups excluding carboxylic acids is 2. The van der Waals surface area contributed by atoms with Crippen molar-refractivity contribution in [2.45, 2.75) is 44.4 Å². The van der Waals surface area contributed by atoms with Crippen molar-refractivity contribution in [1.29, 1.82) is 0 Å². The highest BCUT2D eigenvalue weighted by Gasteiger charge is 2.40. The number of benzene rings is 1. The standard InChI is InChI=1S/C20H28N2O4S/c1-16-4-6-18(7-5-16)27(25,26)14-19(24)22-11-3-8-20(15-22)9-12-21(13-10-20)17(2)23/h4-7H,3,8-15H2,1-2H3. The minimum Gasteiger partial charge on any atom is -0.343 e. The highest BCUT2D eigenvalue weighted by Crippen LogP contribution is 2.40. The molecule has 2 aliphatic rings. The summed E-state index contributed by atoms with van der Waals surface area (Å²) in [5, 5.41) is 0. The Labute approximate surface area is 161 Å². The van der Waals surface area contributed by atoms with Crippen molar-refractivity contribution in [1.82, 2.24) is 9.80 Å². The zero-order valence-electron chi connectivity index (χ0n) is 16.1. The van der Waals surface area contributed by atoms with Gasteiger partial charge in [-0.25, -0.2) is 8.42 Å². The Morgan fingerprint density at radius 3 is 2.22 bits per heavy atom. The van der Waals surface area contributed by atoms with E-state index in [-0.39, 0.29) is 22.1 Å². The lowest BCUT2D eigenvalue weighted by atomic mass is 9.72. The highest BCUT2D eigenvalue weighted by atomic mass is 32.2. The van der Waals surface area contributed by atoms with Gasteiger partial charge in [0.2, 0.25) is 11.8 Å². The monoisotopic (exact) mass is 392 g/mol. The molecule has 0 saturated carbocycles. The minimum atomic E-state index is -3.63. The molecule has 0 atom stereocenters. The third-order valence-electron chi connectivity index (χ3n) is 5.98. The molecule has 3 rings (SSSR count). The lowest BCUT2D eigenvalue weighted by Gasteiger charge is -2.47. The predicted octanol–water partition coefficient (Wildman–Crippen LogP) is 2.02. The number of nitrogens with zero attached hydrogens (tertiary/aromatic N) is 2. The molecule has 2 saturated heterocycles. The average molecular weight is 393 g/mol. The Morgan fingerprint density at radius 1 is 1.00 bits per heavy atom. The van der Waals surface area contributed by atoms with Crippen LogP contribution < -0.4 is 0 Å². The van der Waals surface area contributed by atoms with Crippen molar-refractivity contribution < 1.29 is 18.0 Å². The minimum absolute atomic E-state index is 0.0213. The highest BCUT2D eigenvalue weighted by molar-refractivity contribution is 7.92. The van der Waals surface area contributed by atoms with Gasteiger partial charge in [0.1, 0.15) is 5.75 Å². The molecule has 0 N–H and O–H groups in total. The van der Waals surface area contributed by atoms with Gasteiger partial charge in [0.25, 0.3) is 0 Å². The fraction of sp³-hybridized carbons (Fsp3) is 0.600. The molecule has 6 nitrogen and oxygen atoms in total. The predicted molar refractivity (Wildman–Crippen MR) is 103 cm³/mol. The normalized spacial score (nSPS) is 19.9. The van der Waals surface area contributed by atoms with Gasteiger partial charge in [-0.15, -0.1) is 0 Å². The molecule has 0 radical (unpaired) electrons. The van der Waals surface area contributed by atoms with Crippen LogP contribution in [0.1, 0.15) is 38.2 Å². The van der Waals surface area contributed by atoms with E-state index in [4.69, 9.17) is 0 Å². The van der Waals surface area contributed by atoms with E-state index < -0.39 is 15.6 Å². The van der Waals surface area contributed by atoms with E-state index in [1.54, 1.807) is 36.1 Å². The van der Waals surface area contributed by atoms with Crippen LogP contribution in [0.2, 0.25) is 0 Å². The summed E-state index contributed by atoms with van der Waals surface area (Å²) in [5.41, 5.74) is 1.00. The van der Waals surface area contributed by atoms with Gasteiger partial charge in [-0.05, 0) is 50.2 Å². The number of piperidine rings is 2. The second-order valence-electron chi connectivity index (χ2n) is 8.00. The summed E-state index contributed by atoms with van der Waals surface area (Å²) < 4.78 is 25.2. The maximum atomic E-state index is 12.7. The summed E-state index contributed by atoms with van der Waals surface area (Å²) in [5.74, 6) is -0.701. The Hall–Kier alpha value is -1.89. The molecule has 1 aromatic rings. The first-order valence-corrected chi connectivity index (χ1v) is 11.2. The van der Waals surface area contributed by atoms with Gasteiger partial charge in [-0.2, -0.15) is 0 Å². The largest absolute Gasteiger partial charge is 0.343 e. The van der Waals surface area contributed by atoms with Crippen LogP contribution >= 0.6 is 0 Å². The van der Waals surface area contributed by atoms with E-state index in [0.29, 0.717) is 13.1 Å². The molecule has 2 heterocycles. The van der Waals surface area contributed by atoms with Crippen molar-refractivity contribution in [2.24, 2.45) is 5.41 Å². The van der Waals surface area contributed by atoms with Crippen molar-refractivity contribution in [3.8, 4) is 0 Å². The van der Waals surface area contributed by atoms with E-state index >= 15 is 0 Å². The number of carbonyl (C=O) groups is 2. The molecule has 2 amide bonds. The number of amides is 2. The summed E-state index contributed by atoms with van der Waals surface area (Å²) in [7, 11) is -3.63. The van der Waals surface area contributed by atoms with Gasteiger partial charge >= 0.3 is 0 Å². The molecule has 148 valence electrons. The molecular weight excluding hydrogens is 364 g/mol. The molecule has 2 aliphatic heterocycles. The van der Waals surface area contributed by atoms with Crippen LogP contribution in [0.3, 0.4) is 0 Å². The molecule has 27 heavy (non-hydrogen) atoms. The van der Waals surface area contributed by atoms with Gasteiger partial charge in [0.05, 0.1) is 4.90 Å². The number of sulfone groups is 1. The molecule has 7 heteroatoms. The zero-order valence-corrected chi connectivity index (χ0v) is 16.9. The summed E-state index contributed by atoms with van der Waals surface area (Å²) in [6, 6.07) is 6.62. The van der Waals surface area contributed by atoms with Crippen LogP contribution in [0.25, 0.3) is 0 Å².